The second-order valence-corrected chi connectivity index (χ2v) is 5.41. The first-order valence-corrected chi connectivity index (χ1v) is 7.07. The van der Waals surface area contributed by atoms with Crippen molar-refractivity contribution in [3.63, 3.8) is 0 Å². The number of amides is 1. The van der Waals surface area contributed by atoms with Gasteiger partial charge >= 0.3 is 0 Å². The van der Waals surface area contributed by atoms with Crippen molar-refractivity contribution in [1.29, 1.82) is 0 Å². The molecule has 110 valence electrons. The molecule has 2 aromatic rings. The van der Waals surface area contributed by atoms with Gasteiger partial charge in [-0.05, 0) is 31.0 Å². The molecule has 1 aliphatic rings. The number of carbonyl (C=O) groups excluding carboxylic acids is 1. The van der Waals surface area contributed by atoms with Gasteiger partial charge in [-0.25, -0.2) is 4.39 Å². The van der Waals surface area contributed by atoms with Crippen molar-refractivity contribution in [2.24, 2.45) is 5.92 Å². The summed E-state index contributed by atoms with van der Waals surface area (Å²) in [4.78, 5) is 15.9. The number of aromatic nitrogens is 2. The lowest BCUT2D eigenvalue weighted by Gasteiger charge is -2.20. The molecular weight excluding hydrogens is 297 g/mol. The Kier molecular flexibility index (Phi) is 3.88. The van der Waals surface area contributed by atoms with Crippen molar-refractivity contribution >= 4 is 17.5 Å². The predicted molar refractivity (Wildman–Crippen MR) is 74.1 cm³/mol. The number of piperidine rings is 1. The number of rotatable bonds is 3. The van der Waals surface area contributed by atoms with Gasteiger partial charge in [-0.15, -0.1) is 0 Å². The number of hydrogen-bond donors (Lipinski definition) is 1. The van der Waals surface area contributed by atoms with E-state index in [1.54, 1.807) is 0 Å². The van der Waals surface area contributed by atoms with Gasteiger partial charge in [0.15, 0.2) is 5.82 Å². The molecule has 0 bridgehead atoms. The molecule has 1 unspecified atom stereocenters. The minimum atomic E-state index is -0.481. The van der Waals surface area contributed by atoms with E-state index in [1.165, 1.54) is 18.2 Å². The molecule has 0 saturated carbocycles. The van der Waals surface area contributed by atoms with Gasteiger partial charge in [0.1, 0.15) is 5.82 Å². The van der Waals surface area contributed by atoms with Gasteiger partial charge in [0.25, 0.3) is 5.89 Å². The van der Waals surface area contributed by atoms with Gasteiger partial charge in [-0.1, -0.05) is 16.8 Å². The SMILES string of the molecule is O=C1NCCCC1Cc1noc(-c2cc(Cl)ccc2F)n1. The van der Waals surface area contributed by atoms with E-state index in [4.69, 9.17) is 16.1 Å². The van der Waals surface area contributed by atoms with E-state index in [0.717, 1.165) is 12.8 Å². The van der Waals surface area contributed by atoms with Crippen molar-refractivity contribution in [3.8, 4) is 11.5 Å². The van der Waals surface area contributed by atoms with Gasteiger partial charge in [-0.3, -0.25) is 4.79 Å². The van der Waals surface area contributed by atoms with Crippen LogP contribution in [0.1, 0.15) is 18.7 Å². The maximum absolute atomic E-state index is 13.7. The summed E-state index contributed by atoms with van der Waals surface area (Å²) in [5, 5.41) is 7.01. The molecule has 1 aliphatic heterocycles. The number of halogens is 2. The zero-order chi connectivity index (χ0) is 14.8. The monoisotopic (exact) mass is 309 g/mol. The average Bonchev–Trinajstić information content (AvgIpc) is 2.92. The molecule has 1 fully saturated rings. The Hall–Kier alpha value is -1.95. The molecule has 0 spiro atoms. The quantitative estimate of drug-likeness (QED) is 0.946. The van der Waals surface area contributed by atoms with Crippen LogP contribution in [-0.4, -0.2) is 22.6 Å². The van der Waals surface area contributed by atoms with Gasteiger partial charge in [-0.2, -0.15) is 4.98 Å². The maximum atomic E-state index is 13.7. The third kappa shape index (κ3) is 3.05. The van der Waals surface area contributed by atoms with Crippen molar-refractivity contribution in [1.82, 2.24) is 15.5 Å². The molecule has 1 amide bonds. The predicted octanol–water partition coefficient (Wildman–Crippen LogP) is 2.60. The fourth-order valence-electron chi connectivity index (χ4n) is 2.36. The first-order valence-electron chi connectivity index (χ1n) is 6.69. The third-order valence-corrected chi connectivity index (χ3v) is 3.69. The molecule has 21 heavy (non-hydrogen) atoms. The summed E-state index contributed by atoms with van der Waals surface area (Å²) in [5.74, 6) is -0.174. The molecule has 1 N–H and O–H groups in total. The van der Waals surface area contributed by atoms with E-state index in [-0.39, 0.29) is 23.3 Å². The first-order chi connectivity index (χ1) is 10.1. The molecular formula is C14H13ClFN3O2. The van der Waals surface area contributed by atoms with Gasteiger partial charge in [0, 0.05) is 23.9 Å². The van der Waals surface area contributed by atoms with Crippen molar-refractivity contribution in [2.45, 2.75) is 19.3 Å². The second kappa shape index (κ2) is 5.81. The minimum absolute atomic E-state index is 0.00142. The first kappa shape index (κ1) is 14.0. The van der Waals surface area contributed by atoms with E-state index in [9.17, 15) is 9.18 Å². The second-order valence-electron chi connectivity index (χ2n) is 4.97. The summed E-state index contributed by atoms with van der Waals surface area (Å²) in [7, 11) is 0. The van der Waals surface area contributed by atoms with Gasteiger partial charge in [0.05, 0.1) is 5.56 Å². The topological polar surface area (TPSA) is 68.0 Å². The van der Waals surface area contributed by atoms with E-state index < -0.39 is 5.82 Å². The summed E-state index contributed by atoms with van der Waals surface area (Å²) < 4.78 is 18.8. The Morgan fingerprint density at radius 3 is 3.14 bits per heavy atom. The van der Waals surface area contributed by atoms with Crippen LogP contribution in [0.15, 0.2) is 22.7 Å². The lowest BCUT2D eigenvalue weighted by Crippen LogP contribution is -2.37. The van der Waals surface area contributed by atoms with Crippen molar-refractivity contribution < 1.29 is 13.7 Å². The molecule has 1 atom stereocenters. The Bertz CT molecular complexity index is 674. The van der Waals surface area contributed by atoms with E-state index in [2.05, 4.69) is 15.5 Å². The van der Waals surface area contributed by atoms with Crippen LogP contribution in [0.4, 0.5) is 4.39 Å². The highest BCUT2D eigenvalue weighted by atomic mass is 35.5. The van der Waals surface area contributed by atoms with Crippen molar-refractivity contribution in [2.75, 3.05) is 6.54 Å². The smallest absolute Gasteiger partial charge is 0.260 e. The zero-order valence-corrected chi connectivity index (χ0v) is 11.9. The van der Waals surface area contributed by atoms with Gasteiger partial charge < -0.3 is 9.84 Å². The highest BCUT2D eigenvalue weighted by molar-refractivity contribution is 6.30. The van der Waals surface area contributed by atoms with Crippen LogP contribution < -0.4 is 5.32 Å². The number of nitrogens with zero attached hydrogens (tertiary/aromatic N) is 2. The lowest BCUT2D eigenvalue weighted by atomic mass is 9.95. The number of carbonyl (C=O) groups is 1. The van der Waals surface area contributed by atoms with Crippen LogP contribution in [0.5, 0.6) is 0 Å². The molecule has 2 heterocycles. The van der Waals surface area contributed by atoms with E-state index in [1.807, 2.05) is 0 Å². The maximum Gasteiger partial charge on any atom is 0.260 e. The Morgan fingerprint density at radius 1 is 1.48 bits per heavy atom. The normalized spacial score (nSPS) is 18.6. The average molecular weight is 310 g/mol. The zero-order valence-electron chi connectivity index (χ0n) is 11.1. The Morgan fingerprint density at radius 2 is 2.33 bits per heavy atom. The van der Waals surface area contributed by atoms with Crippen LogP contribution in [0.25, 0.3) is 11.5 Å². The summed E-state index contributed by atoms with van der Waals surface area (Å²) >= 11 is 5.84. The molecule has 0 aliphatic carbocycles. The van der Waals surface area contributed by atoms with Crippen LogP contribution in [0.2, 0.25) is 5.02 Å². The fourth-order valence-corrected chi connectivity index (χ4v) is 2.53. The summed E-state index contributed by atoms with van der Waals surface area (Å²) in [6, 6.07) is 4.13. The summed E-state index contributed by atoms with van der Waals surface area (Å²) in [6.07, 6.45) is 2.11. The Balaban J connectivity index is 1.80. The van der Waals surface area contributed by atoms with Gasteiger partial charge in [0.2, 0.25) is 5.91 Å². The van der Waals surface area contributed by atoms with Crippen LogP contribution >= 0.6 is 11.6 Å². The van der Waals surface area contributed by atoms with Crippen LogP contribution in [0, 0.1) is 11.7 Å². The molecule has 7 heteroatoms. The molecule has 0 radical (unpaired) electrons. The number of hydrogen-bond acceptors (Lipinski definition) is 4. The number of benzene rings is 1. The van der Waals surface area contributed by atoms with Crippen LogP contribution in [-0.2, 0) is 11.2 Å². The lowest BCUT2D eigenvalue weighted by molar-refractivity contribution is -0.126. The molecule has 1 saturated heterocycles. The summed E-state index contributed by atoms with van der Waals surface area (Å²) in [5.41, 5.74) is 0.161. The third-order valence-electron chi connectivity index (χ3n) is 3.46. The molecule has 1 aromatic heterocycles. The largest absolute Gasteiger partial charge is 0.356 e. The summed E-state index contributed by atoms with van der Waals surface area (Å²) in [6.45, 7) is 0.709. The highest BCUT2D eigenvalue weighted by Gasteiger charge is 2.24. The van der Waals surface area contributed by atoms with Crippen LogP contribution in [0.3, 0.4) is 0 Å². The minimum Gasteiger partial charge on any atom is -0.356 e. The Labute approximate surface area is 125 Å². The molecule has 3 rings (SSSR count). The van der Waals surface area contributed by atoms with Crippen molar-refractivity contribution in [3.05, 3.63) is 34.9 Å². The fraction of sp³-hybridized carbons (Fsp3) is 0.357. The van der Waals surface area contributed by atoms with E-state index >= 15 is 0 Å². The highest BCUT2D eigenvalue weighted by Crippen LogP contribution is 2.25. The van der Waals surface area contributed by atoms with E-state index in [0.29, 0.717) is 23.8 Å². The number of nitrogens with one attached hydrogen (secondary N) is 1. The standard InChI is InChI=1S/C14H13ClFN3O2/c15-9-3-4-11(16)10(7-9)14-18-12(19-21-14)6-8-2-1-5-17-13(8)20/h3-4,7-8H,1-2,5-6H2,(H,17,20). The molecule has 1 aromatic carbocycles. The molecule has 5 nitrogen and oxygen atoms in total.